The lowest BCUT2D eigenvalue weighted by Crippen LogP contribution is -2.14. The molecule has 23 heavy (non-hydrogen) atoms. The molecule has 0 spiro atoms. The third-order valence-corrected chi connectivity index (χ3v) is 4.11. The lowest BCUT2D eigenvalue weighted by atomic mass is 9.84. The van der Waals surface area contributed by atoms with Gasteiger partial charge in [0, 0.05) is 5.56 Å². The van der Waals surface area contributed by atoms with Gasteiger partial charge in [0.1, 0.15) is 0 Å². The zero-order valence-corrected chi connectivity index (χ0v) is 13.5. The molecule has 0 amide bonds. The molecule has 3 aromatic rings. The van der Waals surface area contributed by atoms with Gasteiger partial charge in [-0.05, 0) is 25.0 Å². The standard InChI is InChI=1S/C22H20O/c1-16-11-13-18(14-12-16)21(20-10-6-7-17(2)15-20)22(23)19-8-4-3-5-9-19/h3-15,21H,1-2H3. The Morgan fingerprint density at radius 1 is 0.696 bits per heavy atom. The van der Waals surface area contributed by atoms with Crippen LogP contribution in [0.4, 0.5) is 0 Å². The van der Waals surface area contributed by atoms with Gasteiger partial charge >= 0.3 is 0 Å². The van der Waals surface area contributed by atoms with Gasteiger partial charge in [-0.3, -0.25) is 4.79 Å². The number of hydrogen-bond acceptors (Lipinski definition) is 1. The van der Waals surface area contributed by atoms with Crippen LogP contribution in [0.3, 0.4) is 0 Å². The molecule has 1 nitrogen and oxygen atoms in total. The lowest BCUT2D eigenvalue weighted by Gasteiger charge is -2.18. The van der Waals surface area contributed by atoms with Crippen molar-refractivity contribution in [2.24, 2.45) is 0 Å². The predicted octanol–water partition coefficient (Wildman–Crippen LogP) is 5.32. The Hall–Kier alpha value is -2.67. The van der Waals surface area contributed by atoms with Gasteiger partial charge in [-0.25, -0.2) is 0 Å². The van der Waals surface area contributed by atoms with Crippen molar-refractivity contribution in [3.63, 3.8) is 0 Å². The van der Waals surface area contributed by atoms with E-state index in [9.17, 15) is 4.79 Å². The molecule has 0 aliphatic rings. The first-order chi connectivity index (χ1) is 11.1. The molecule has 114 valence electrons. The maximum Gasteiger partial charge on any atom is 0.174 e. The van der Waals surface area contributed by atoms with Crippen LogP contribution in [0, 0.1) is 13.8 Å². The average Bonchev–Trinajstić information content (AvgIpc) is 2.58. The van der Waals surface area contributed by atoms with Gasteiger partial charge in [0.05, 0.1) is 5.92 Å². The number of aryl methyl sites for hydroxylation is 2. The zero-order valence-electron chi connectivity index (χ0n) is 13.5. The van der Waals surface area contributed by atoms with Crippen molar-refractivity contribution in [2.75, 3.05) is 0 Å². The second-order valence-electron chi connectivity index (χ2n) is 5.99. The number of benzene rings is 3. The first-order valence-electron chi connectivity index (χ1n) is 7.87. The average molecular weight is 300 g/mol. The van der Waals surface area contributed by atoms with Gasteiger partial charge in [-0.1, -0.05) is 90.0 Å². The van der Waals surface area contributed by atoms with Crippen LogP contribution in [0.15, 0.2) is 78.9 Å². The van der Waals surface area contributed by atoms with E-state index in [0.717, 1.165) is 16.7 Å². The molecule has 0 aliphatic carbocycles. The second-order valence-corrected chi connectivity index (χ2v) is 5.99. The first kappa shape index (κ1) is 15.2. The van der Waals surface area contributed by atoms with Crippen molar-refractivity contribution < 1.29 is 4.79 Å². The summed E-state index contributed by atoms with van der Waals surface area (Å²) in [6.45, 7) is 4.12. The van der Waals surface area contributed by atoms with Gasteiger partial charge < -0.3 is 0 Å². The van der Waals surface area contributed by atoms with Crippen LogP contribution < -0.4 is 0 Å². The molecule has 0 aromatic heterocycles. The van der Waals surface area contributed by atoms with Crippen molar-refractivity contribution in [3.05, 3.63) is 107 Å². The number of carbonyl (C=O) groups is 1. The van der Waals surface area contributed by atoms with E-state index in [0.29, 0.717) is 0 Å². The Balaban J connectivity index is 2.10. The van der Waals surface area contributed by atoms with Gasteiger partial charge in [-0.2, -0.15) is 0 Å². The van der Waals surface area contributed by atoms with E-state index in [1.807, 2.05) is 42.5 Å². The van der Waals surface area contributed by atoms with E-state index in [1.165, 1.54) is 11.1 Å². The molecule has 0 heterocycles. The fourth-order valence-electron chi connectivity index (χ4n) is 2.87. The molecule has 0 radical (unpaired) electrons. The summed E-state index contributed by atoms with van der Waals surface area (Å²) in [4.78, 5) is 13.1. The Labute approximate surface area is 137 Å². The van der Waals surface area contributed by atoms with Gasteiger partial charge in [0.2, 0.25) is 0 Å². The highest BCUT2D eigenvalue weighted by Gasteiger charge is 2.23. The van der Waals surface area contributed by atoms with Crippen LogP contribution in [0.5, 0.6) is 0 Å². The summed E-state index contributed by atoms with van der Waals surface area (Å²) in [6.07, 6.45) is 0. The highest BCUT2D eigenvalue weighted by atomic mass is 16.1. The lowest BCUT2D eigenvalue weighted by molar-refractivity contribution is 0.0974. The number of carbonyl (C=O) groups excluding carboxylic acids is 1. The molecule has 0 saturated carbocycles. The molecule has 1 atom stereocenters. The van der Waals surface area contributed by atoms with E-state index < -0.39 is 0 Å². The van der Waals surface area contributed by atoms with Crippen molar-refractivity contribution in [1.29, 1.82) is 0 Å². The van der Waals surface area contributed by atoms with Gasteiger partial charge in [0.25, 0.3) is 0 Å². The number of Topliss-reactive ketones (excluding diaryl/α,β-unsaturated/α-hetero) is 1. The molecule has 0 bridgehead atoms. The van der Waals surface area contributed by atoms with Gasteiger partial charge in [0.15, 0.2) is 5.78 Å². The molecule has 3 rings (SSSR count). The minimum atomic E-state index is -0.266. The third kappa shape index (κ3) is 3.40. The normalized spacial score (nSPS) is 11.9. The van der Waals surface area contributed by atoms with E-state index in [4.69, 9.17) is 0 Å². The monoisotopic (exact) mass is 300 g/mol. The molecule has 0 N–H and O–H groups in total. The molecular formula is C22H20O. The smallest absolute Gasteiger partial charge is 0.174 e. The summed E-state index contributed by atoms with van der Waals surface area (Å²) in [5.74, 6) is -0.127. The minimum absolute atomic E-state index is 0.139. The summed E-state index contributed by atoms with van der Waals surface area (Å²) in [5.41, 5.74) is 5.20. The molecule has 0 aliphatic heterocycles. The van der Waals surface area contributed by atoms with Crippen LogP contribution in [0.2, 0.25) is 0 Å². The van der Waals surface area contributed by atoms with Crippen molar-refractivity contribution >= 4 is 5.78 Å². The quantitative estimate of drug-likeness (QED) is 0.596. The van der Waals surface area contributed by atoms with Crippen LogP contribution in [0.25, 0.3) is 0 Å². The van der Waals surface area contributed by atoms with Crippen molar-refractivity contribution in [2.45, 2.75) is 19.8 Å². The summed E-state index contributed by atoms with van der Waals surface area (Å²) < 4.78 is 0. The highest BCUT2D eigenvalue weighted by Crippen LogP contribution is 2.29. The van der Waals surface area contributed by atoms with E-state index in [1.54, 1.807) is 0 Å². The topological polar surface area (TPSA) is 17.1 Å². The number of rotatable bonds is 4. The summed E-state index contributed by atoms with van der Waals surface area (Å²) >= 11 is 0. The maximum absolute atomic E-state index is 13.1. The molecule has 0 fully saturated rings. The molecule has 0 saturated heterocycles. The zero-order chi connectivity index (χ0) is 16.2. The molecule has 1 heteroatoms. The van der Waals surface area contributed by atoms with Gasteiger partial charge in [-0.15, -0.1) is 0 Å². The fourth-order valence-corrected chi connectivity index (χ4v) is 2.87. The van der Waals surface area contributed by atoms with Crippen LogP contribution in [0.1, 0.15) is 38.5 Å². The largest absolute Gasteiger partial charge is 0.293 e. The van der Waals surface area contributed by atoms with E-state index >= 15 is 0 Å². The second kappa shape index (κ2) is 6.62. The summed E-state index contributed by atoms with van der Waals surface area (Å²) in [6, 6.07) is 26.0. The summed E-state index contributed by atoms with van der Waals surface area (Å²) in [5, 5.41) is 0. The first-order valence-corrected chi connectivity index (χ1v) is 7.87. The number of hydrogen-bond donors (Lipinski definition) is 0. The highest BCUT2D eigenvalue weighted by molar-refractivity contribution is 6.03. The molecular weight excluding hydrogens is 280 g/mol. The van der Waals surface area contributed by atoms with Crippen LogP contribution in [-0.4, -0.2) is 5.78 Å². The minimum Gasteiger partial charge on any atom is -0.293 e. The van der Waals surface area contributed by atoms with E-state index in [-0.39, 0.29) is 11.7 Å². The fraction of sp³-hybridized carbons (Fsp3) is 0.136. The van der Waals surface area contributed by atoms with E-state index in [2.05, 4.69) is 50.2 Å². The van der Waals surface area contributed by atoms with Crippen molar-refractivity contribution in [3.8, 4) is 0 Å². The SMILES string of the molecule is Cc1ccc(C(C(=O)c2ccccc2)c2cccc(C)c2)cc1. The van der Waals surface area contributed by atoms with Crippen molar-refractivity contribution in [1.82, 2.24) is 0 Å². The predicted molar refractivity (Wildman–Crippen MR) is 95.0 cm³/mol. The Morgan fingerprint density at radius 2 is 1.39 bits per heavy atom. The number of ketones is 1. The third-order valence-electron chi connectivity index (χ3n) is 4.11. The summed E-state index contributed by atoms with van der Waals surface area (Å²) in [7, 11) is 0. The molecule has 3 aromatic carbocycles. The maximum atomic E-state index is 13.1. The molecule has 1 unspecified atom stereocenters. The Bertz CT molecular complexity index is 801. The Morgan fingerprint density at radius 3 is 2.04 bits per heavy atom. The van der Waals surface area contributed by atoms with Crippen LogP contribution >= 0.6 is 0 Å². The van der Waals surface area contributed by atoms with Crippen LogP contribution in [-0.2, 0) is 0 Å². The Kier molecular flexibility index (Phi) is 4.38.